The van der Waals surface area contributed by atoms with Crippen molar-refractivity contribution < 1.29 is 5.11 Å². The largest absolute Gasteiger partial charge is 0.396 e. The van der Waals surface area contributed by atoms with Crippen molar-refractivity contribution in [3.63, 3.8) is 0 Å². The van der Waals surface area contributed by atoms with Crippen LogP contribution in [-0.4, -0.2) is 26.5 Å². The molecule has 0 fully saturated rings. The van der Waals surface area contributed by atoms with Gasteiger partial charge in [-0.1, -0.05) is 23.7 Å². The van der Waals surface area contributed by atoms with Gasteiger partial charge in [-0.15, -0.1) is 0 Å². The maximum atomic E-state index is 9.45. The van der Waals surface area contributed by atoms with Crippen molar-refractivity contribution >= 4 is 11.6 Å². The predicted octanol–water partition coefficient (Wildman–Crippen LogP) is 1.79. The monoisotopic (exact) mass is 251 g/mol. The van der Waals surface area contributed by atoms with E-state index in [0.717, 1.165) is 11.4 Å². The van der Waals surface area contributed by atoms with Crippen LogP contribution in [0.15, 0.2) is 30.6 Å². The molecule has 0 saturated heterocycles. The Kier molecular flexibility index (Phi) is 3.76. The van der Waals surface area contributed by atoms with Crippen LogP contribution in [0.4, 0.5) is 0 Å². The minimum atomic E-state index is 0.0233. The normalized spacial score (nSPS) is 12.6. The lowest BCUT2D eigenvalue weighted by Crippen LogP contribution is -2.11. The Hall–Kier alpha value is -1.39. The summed E-state index contributed by atoms with van der Waals surface area (Å²) in [5.41, 5.74) is 1.06. The highest BCUT2D eigenvalue weighted by Gasteiger charge is 2.14. The van der Waals surface area contributed by atoms with Crippen LogP contribution in [0.3, 0.4) is 0 Å². The lowest BCUT2D eigenvalue weighted by Gasteiger charge is -2.13. The summed E-state index contributed by atoms with van der Waals surface area (Å²) >= 11 is 5.84. The van der Waals surface area contributed by atoms with Crippen LogP contribution in [0.25, 0.3) is 0 Å². The summed E-state index contributed by atoms with van der Waals surface area (Å²) in [5.74, 6) is 0.883. The van der Waals surface area contributed by atoms with E-state index < -0.39 is 0 Å². The molecule has 1 heterocycles. The van der Waals surface area contributed by atoms with Crippen LogP contribution >= 0.6 is 11.6 Å². The van der Waals surface area contributed by atoms with E-state index in [2.05, 4.69) is 10.1 Å². The third-order valence-corrected chi connectivity index (χ3v) is 3.05. The summed E-state index contributed by atoms with van der Waals surface area (Å²) in [7, 11) is 1.85. The number of benzene rings is 1. The van der Waals surface area contributed by atoms with Crippen molar-refractivity contribution in [2.24, 2.45) is 7.05 Å². The second kappa shape index (κ2) is 5.29. The van der Waals surface area contributed by atoms with Gasteiger partial charge in [-0.05, 0) is 17.7 Å². The summed E-state index contributed by atoms with van der Waals surface area (Å²) in [4.78, 5) is 4.16. The number of nitrogens with zero attached hydrogens (tertiary/aromatic N) is 3. The summed E-state index contributed by atoms with van der Waals surface area (Å²) in [6.07, 6.45) is 2.18. The lowest BCUT2D eigenvalue weighted by molar-refractivity contribution is 0.262. The van der Waals surface area contributed by atoms with E-state index in [9.17, 15) is 5.11 Å². The van der Waals surface area contributed by atoms with Gasteiger partial charge >= 0.3 is 0 Å². The van der Waals surface area contributed by atoms with E-state index in [1.807, 2.05) is 31.3 Å². The molecule has 1 N–H and O–H groups in total. The maximum Gasteiger partial charge on any atom is 0.138 e. The van der Waals surface area contributed by atoms with Crippen LogP contribution < -0.4 is 0 Å². The first-order chi connectivity index (χ1) is 8.20. The van der Waals surface area contributed by atoms with Gasteiger partial charge in [-0.3, -0.25) is 4.68 Å². The number of hydrogen-bond donors (Lipinski definition) is 1. The summed E-state index contributed by atoms with van der Waals surface area (Å²) < 4.78 is 1.72. The van der Waals surface area contributed by atoms with Gasteiger partial charge in [-0.2, -0.15) is 5.10 Å². The molecule has 0 amide bonds. The SMILES string of the molecule is Cn1ncnc1CC(CO)c1ccc(Cl)cc1. The van der Waals surface area contributed by atoms with Gasteiger partial charge in [0.25, 0.3) is 0 Å². The van der Waals surface area contributed by atoms with Crippen molar-refractivity contribution in [2.75, 3.05) is 6.61 Å². The molecule has 1 unspecified atom stereocenters. The molecule has 90 valence electrons. The first kappa shape index (κ1) is 12.1. The zero-order valence-electron chi connectivity index (χ0n) is 9.55. The average molecular weight is 252 g/mol. The maximum absolute atomic E-state index is 9.45. The highest BCUT2D eigenvalue weighted by molar-refractivity contribution is 6.30. The van der Waals surface area contributed by atoms with E-state index >= 15 is 0 Å². The van der Waals surface area contributed by atoms with E-state index in [0.29, 0.717) is 11.4 Å². The molecule has 0 bridgehead atoms. The Bertz CT molecular complexity index is 481. The molecule has 0 aliphatic carbocycles. The van der Waals surface area contributed by atoms with Crippen LogP contribution in [-0.2, 0) is 13.5 Å². The molecule has 1 aromatic heterocycles. The minimum absolute atomic E-state index is 0.0233. The van der Waals surface area contributed by atoms with Gasteiger partial charge in [0.1, 0.15) is 12.2 Å². The molecule has 0 aliphatic rings. The fraction of sp³-hybridized carbons (Fsp3) is 0.333. The summed E-state index contributed by atoms with van der Waals surface area (Å²) in [5, 5.41) is 14.2. The Balaban J connectivity index is 2.17. The standard InChI is InChI=1S/C12H14ClN3O/c1-16-12(14-8-15-16)6-10(7-17)9-2-4-11(13)5-3-9/h2-5,8,10,17H,6-7H2,1H3. The molecular formula is C12H14ClN3O. The highest BCUT2D eigenvalue weighted by atomic mass is 35.5. The number of aliphatic hydroxyl groups is 1. The second-order valence-corrected chi connectivity index (χ2v) is 4.37. The smallest absolute Gasteiger partial charge is 0.138 e. The number of halogens is 1. The van der Waals surface area contributed by atoms with Gasteiger partial charge in [0.2, 0.25) is 0 Å². The molecule has 2 rings (SSSR count). The average Bonchev–Trinajstić information content (AvgIpc) is 2.73. The number of rotatable bonds is 4. The highest BCUT2D eigenvalue weighted by Crippen LogP contribution is 2.21. The number of hydrogen-bond acceptors (Lipinski definition) is 3. The van der Waals surface area contributed by atoms with Gasteiger partial charge in [0.15, 0.2) is 0 Å². The van der Waals surface area contributed by atoms with Gasteiger partial charge in [0, 0.05) is 24.4 Å². The van der Waals surface area contributed by atoms with E-state index in [1.54, 1.807) is 4.68 Å². The third kappa shape index (κ3) is 2.84. The molecule has 0 radical (unpaired) electrons. The molecular weight excluding hydrogens is 238 g/mol. The van der Waals surface area contributed by atoms with Gasteiger partial charge < -0.3 is 5.11 Å². The summed E-state index contributed by atoms with van der Waals surface area (Å²) in [6.45, 7) is 0.0779. The fourth-order valence-corrected chi connectivity index (χ4v) is 1.87. The molecule has 0 spiro atoms. The van der Waals surface area contributed by atoms with Gasteiger partial charge in [-0.25, -0.2) is 4.98 Å². The zero-order chi connectivity index (χ0) is 12.3. The Labute approximate surface area is 105 Å². The van der Waals surface area contributed by atoms with Crippen LogP contribution in [0, 0.1) is 0 Å². The van der Waals surface area contributed by atoms with Crippen LogP contribution in [0.5, 0.6) is 0 Å². The molecule has 4 nitrogen and oxygen atoms in total. The quantitative estimate of drug-likeness (QED) is 0.901. The van der Waals surface area contributed by atoms with E-state index in [-0.39, 0.29) is 12.5 Å². The third-order valence-electron chi connectivity index (χ3n) is 2.80. The van der Waals surface area contributed by atoms with Gasteiger partial charge in [0.05, 0.1) is 6.61 Å². The number of aliphatic hydroxyl groups excluding tert-OH is 1. The van der Waals surface area contributed by atoms with Crippen molar-refractivity contribution in [1.29, 1.82) is 0 Å². The molecule has 17 heavy (non-hydrogen) atoms. The Morgan fingerprint density at radius 1 is 1.35 bits per heavy atom. The molecule has 0 saturated carbocycles. The molecule has 1 atom stereocenters. The topological polar surface area (TPSA) is 50.9 Å². The number of aryl methyl sites for hydroxylation is 1. The molecule has 0 aliphatic heterocycles. The van der Waals surface area contributed by atoms with E-state index in [4.69, 9.17) is 11.6 Å². The minimum Gasteiger partial charge on any atom is -0.396 e. The first-order valence-corrected chi connectivity index (χ1v) is 5.77. The molecule has 2 aromatic rings. The molecule has 5 heteroatoms. The van der Waals surface area contributed by atoms with Crippen LogP contribution in [0.1, 0.15) is 17.3 Å². The van der Waals surface area contributed by atoms with Crippen molar-refractivity contribution in [3.05, 3.63) is 47.0 Å². The number of aromatic nitrogens is 3. The second-order valence-electron chi connectivity index (χ2n) is 3.94. The Morgan fingerprint density at radius 3 is 2.59 bits per heavy atom. The zero-order valence-corrected chi connectivity index (χ0v) is 10.3. The van der Waals surface area contributed by atoms with Crippen LogP contribution in [0.2, 0.25) is 5.02 Å². The van der Waals surface area contributed by atoms with Crippen molar-refractivity contribution in [3.8, 4) is 0 Å². The first-order valence-electron chi connectivity index (χ1n) is 5.40. The summed E-state index contributed by atoms with van der Waals surface area (Å²) in [6, 6.07) is 7.52. The van der Waals surface area contributed by atoms with E-state index in [1.165, 1.54) is 6.33 Å². The fourth-order valence-electron chi connectivity index (χ4n) is 1.75. The van der Waals surface area contributed by atoms with Crippen molar-refractivity contribution in [1.82, 2.24) is 14.8 Å². The molecule has 1 aromatic carbocycles. The lowest BCUT2D eigenvalue weighted by atomic mass is 9.96. The predicted molar refractivity (Wildman–Crippen MR) is 66.0 cm³/mol. The Morgan fingerprint density at radius 2 is 2.06 bits per heavy atom. The van der Waals surface area contributed by atoms with Crippen molar-refractivity contribution in [2.45, 2.75) is 12.3 Å².